The van der Waals surface area contributed by atoms with Crippen LogP contribution in [0.4, 0.5) is 0 Å². The molecule has 4 nitrogen and oxygen atoms in total. The predicted molar refractivity (Wildman–Crippen MR) is 101 cm³/mol. The summed E-state index contributed by atoms with van der Waals surface area (Å²) in [6, 6.07) is 16.5. The van der Waals surface area contributed by atoms with Crippen LogP contribution in [0.15, 0.2) is 54.6 Å². The van der Waals surface area contributed by atoms with Crippen LogP contribution in [0.1, 0.15) is 36.0 Å². The molecule has 0 atom stereocenters. The van der Waals surface area contributed by atoms with E-state index in [1.54, 1.807) is 0 Å². The minimum Gasteiger partial charge on any atom is -0.550 e. The Balaban J connectivity index is 1.75. The molecule has 26 heavy (non-hydrogen) atoms. The summed E-state index contributed by atoms with van der Waals surface area (Å²) in [7, 11) is 2.02. The Hall–Kier alpha value is -2.59. The van der Waals surface area contributed by atoms with Crippen LogP contribution in [-0.4, -0.2) is 31.0 Å². The molecule has 3 rings (SSSR count). The number of para-hydroxylation sites is 1. The number of carbonyl (C=O) groups excluding carboxylic acids is 1. The molecular formula is C22H24NO3-. The first-order chi connectivity index (χ1) is 12.6. The fraction of sp³-hybridized carbons (Fsp3) is 0.318. The Kier molecular flexibility index (Phi) is 6.08. The van der Waals surface area contributed by atoms with Crippen molar-refractivity contribution >= 4 is 11.5 Å². The number of carbonyl (C=O) groups is 1. The van der Waals surface area contributed by atoms with Gasteiger partial charge in [0.15, 0.2) is 0 Å². The number of fused-ring (bicyclic) bond motifs is 2. The summed E-state index contributed by atoms with van der Waals surface area (Å²) >= 11 is 0. The van der Waals surface area contributed by atoms with E-state index in [9.17, 15) is 9.90 Å². The van der Waals surface area contributed by atoms with E-state index in [-0.39, 0.29) is 6.42 Å². The lowest BCUT2D eigenvalue weighted by molar-refractivity contribution is -0.305. The summed E-state index contributed by atoms with van der Waals surface area (Å²) in [6.45, 7) is 2.21. The molecule has 0 N–H and O–H groups in total. The second kappa shape index (κ2) is 8.68. The maximum absolute atomic E-state index is 10.5. The molecule has 0 bridgehead atoms. The minimum atomic E-state index is -0.979. The number of hydrogen-bond donors (Lipinski definition) is 0. The van der Waals surface area contributed by atoms with Gasteiger partial charge in [-0.05, 0) is 55.6 Å². The standard InChI is InChI=1S/C22H25NO3/c1-23(15-7-13-22(24)25)14-6-11-19-18-9-3-2-8-17(18)16-26-21-12-5-4-10-20(19)21/h2-5,8-12H,6-7,13-16H2,1H3,(H,24,25)/p-1/b19-11+. The zero-order valence-electron chi connectivity index (χ0n) is 15.1. The van der Waals surface area contributed by atoms with Crippen molar-refractivity contribution in [3.8, 4) is 5.75 Å². The van der Waals surface area contributed by atoms with E-state index in [0.717, 1.165) is 30.8 Å². The molecule has 0 amide bonds. The third-order valence-electron chi connectivity index (χ3n) is 4.65. The summed E-state index contributed by atoms with van der Waals surface area (Å²) in [4.78, 5) is 12.7. The van der Waals surface area contributed by atoms with Crippen LogP contribution in [0, 0.1) is 0 Å². The molecule has 0 aromatic heterocycles. The molecule has 0 fully saturated rings. The van der Waals surface area contributed by atoms with Crippen LogP contribution in [0.25, 0.3) is 5.57 Å². The number of benzene rings is 2. The van der Waals surface area contributed by atoms with Crippen LogP contribution in [-0.2, 0) is 11.4 Å². The van der Waals surface area contributed by atoms with Gasteiger partial charge in [-0.2, -0.15) is 0 Å². The summed E-state index contributed by atoms with van der Waals surface area (Å²) in [5, 5.41) is 10.5. The van der Waals surface area contributed by atoms with Crippen molar-refractivity contribution in [2.75, 3.05) is 20.1 Å². The van der Waals surface area contributed by atoms with E-state index >= 15 is 0 Å². The second-order valence-electron chi connectivity index (χ2n) is 6.63. The molecular weight excluding hydrogens is 326 g/mol. The van der Waals surface area contributed by atoms with Crippen molar-refractivity contribution in [3.63, 3.8) is 0 Å². The Bertz CT molecular complexity index is 748. The highest BCUT2D eigenvalue weighted by molar-refractivity contribution is 5.84. The molecule has 0 spiro atoms. The maximum Gasteiger partial charge on any atom is 0.127 e. The highest BCUT2D eigenvalue weighted by Crippen LogP contribution is 2.36. The first-order valence-corrected chi connectivity index (χ1v) is 9.04. The zero-order chi connectivity index (χ0) is 18.4. The SMILES string of the molecule is CN(CC/C=C1\c2ccccc2COc2ccccc21)CCCC(=O)[O-]. The summed E-state index contributed by atoms with van der Waals surface area (Å²) in [6.07, 6.45) is 3.89. The van der Waals surface area contributed by atoms with Crippen LogP contribution in [0.2, 0.25) is 0 Å². The zero-order valence-corrected chi connectivity index (χ0v) is 15.1. The number of rotatable bonds is 7. The van der Waals surface area contributed by atoms with Crippen LogP contribution < -0.4 is 9.84 Å². The largest absolute Gasteiger partial charge is 0.550 e. The quantitative estimate of drug-likeness (QED) is 0.770. The van der Waals surface area contributed by atoms with Crippen molar-refractivity contribution in [2.24, 2.45) is 0 Å². The van der Waals surface area contributed by atoms with Crippen molar-refractivity contribution in [3.05, 3.63) is 71.3 Å². The van der Waals surface area contributed by atoms with Gasteiger partial charge in [-0.25, -0.2) is 0 Å². The molecule has 4 heteroatoms. The molecule has 0 saturated heterocycles. The highest BCUT2D eigenvalue weighted by Gasteiger charge is 2.18. The second-order valence-corrected chi connectivity index (χ2v) is 6.63. The number of carboxylic acid groups (broad SMARTS) is 1. The molecule has 0 radical (unpaired) electrons. The van der Waals surface area contributed by atoms with Gasteiger partial charge in [-0.3, -0.25) is 0 Å². The first-order valence-electron chi connectivity index (χ1n) is 9.04. The third kappa shape index (κ3) is 4.52. The number of aliphatic carboxylic acids is 1. The topological polar surface area (TPSA) is 52.6 Å². The van der Waals surface area contributed by atoms with E-state index in [2.05, 4.69) is 35.2 Å². The molecule has 2 aromatic rings. The predicted octanol–water partition coefficient (Wildman–Crippen LogP) is 2.86. The average Bonchev–Trinajstić information content (AvgIpc) is 2.79. The van der Waals surface area contributed by atoms with E-state index in [1.165, 1.54) is 16.7 Å². The van der Waals surface area contributed by atoms with Gasteiger partial charge in [0.25, 0.3) is 0 Å². The molecule has 1 heterocycles. The maximum atomic E-state index is 10.5. The first kappa shape index (κ1) is 18.2. The summed E-state index contributed by atoms with van der Waals surface area (Å²) in [5.41, 5.74) is 4.74. The van der Waals surface area contributed by atoms with E-state index < -0.39 is 5.97 Å². The lowest BCUT2D eigenvalue weighted by Crippen LogP contribution is -2.25. The average molecular weight is 350 g/mol. The van der Waals surface area contributed by atoms with Gasteiger partial charge in [-0.1, -0.05) is 48.5 Å². The van der Waals surface area contributed by atoms with Gasteiger partial charge in [0.05, 0.1) is 0 Å². The number of hydrogen-bond acceptors (Lipinski definition) is 4. The Labute approximate surface area is 154 Å². The van der Waals surface area contributed by atoms with Crippen LogP contribution in [0.3, 0.4) is 0 Å². The molecule has 1 aliphatic heterocycles. The molecule has 0 unspecified atom stereocenters. The molecule has 136 valence electrons. The van der Waals surface area contributed by atoms with Crippen molar-refractivity contribution < 1.29 is 14.6 Å². The Morgan fingerprint density at radius 3 is 2.65 bits per heavy atom. The van der Waals surface area contributed by atoms with Gasteiger partial charge in [0.1, 0.15) is 12.4 Å². The number of ether oxygens (including phenoxy) is 1. The van der Waals surface area contributed by atoms with Gasteiger partial charge in [0.2, 0.25) is 0 Å². The van der Waals surface area contributed by atoms with Crippen molar-refractivity contribution in [2.45, 2.75) is 25.9 Å². The summed E-state index contributed by atoms with van der Waals surface area (Å²) in [5.74, 6) is -0.0653. The normalized spacial score (nSPS) is 14.5. The monoisotopic (exact) mass is 350 g/mol. The smallest absolute Gasteiger partial charge is 0.127 e. The lowest BCUT2D eigenvalue weighted by atomic mass is 9.93. The fourth-order valence-corrected chi connectivity index (χ4v) is 3.28. The molecule has 0 saturated carbocycles. The lowest BCUT2D eigenvalue weighted by Gasteiger charge is -2.16. The van der Waals surface area contributed by atoms with Gasteiger partial charge in [0, 0.05) is 18.1 Å². The molecule has 0 aliphatic carbocycles. The van der Waals surface area contributed by atoms with E-state index in [1.807, 2.05) is 31.3 Å². The number of carboxylic acids is 1. The third-order valence-corrected chi connectivity index (χ3v) is 4.65. The van der Waals surface area contributed by atoms with Crippen LogP contribution >= 0.6 is 0 Å². The summed E-state index contributed by atoms with van der Waals surface area (Å²) < 4.78 is 6.00. The van der Waals surface area contributed by atoms with E-state index in [4.69, 9.17) is 4.74 Å². The van der Waals surface area contributed by atoms with Crippen LogP contribution in [0.5, 0.6) is 5.75 Å². The highest BCUT2D eigenvalue weighted by atomic mass is 16.5. The molecule has 2 aromatic carbocycles. The van der Waals surface area contributed by atoms with E-state index in [0.29, 0.717) is 13.0 Å². The van der Waals surface area contributed by atoms with Gasteiger partial charge >= 0.3 is 0 Å². The fourth-order valence-electron chi connectivity index (χ4n) is 3.28. The van der Waals surface area contributed by atoms with Crippen molar-refractivity contribution in [1.29, 1.82) is 0 Å². The Morgan fingerprint density at radius 2 is 1.85 bits per heavy atom. The van der Waals surface area contributed by atoms with Gasteiger partial charge < -0.3 is 19.5 Å². The Morgan fingerprint density at radius 1 is 1.12 bits per heavy atom. The molecule has 1 aliphatic rings. The van der Waals surface area contributed by atoms with Crippen molar-refractivity contribution in [1.82, 2.24) is 4.90 Å². The minimum absolute atomic E-state index is 0.115. The van der Waals surface area contributed by atoms with Gasteiger partial charge in [-0.15, -0.1) is 0 Å². The number of nitrogens with zero attached hydrogens (tertiary/aromatic N) is 1.